The Kier molecular flexibility index (Phi) is 5.72. The highest BCUT2D eigenvalue weighted by Gasteiger charge is 2.26. The fraction of sp³-hybridized carbons (Fsp3) is 0.348. The van der Waals surface area contributed by atoms with Crippen LogP contribution in [0.1, 0.15) is 57.4 Å². The van der Waals surface area contributed by atoms with Gasteiger partial charge in [-0.25, -0.2) is 14.5 Å². The average Bonchev–Trinajstić information content (AvgIpc) is 3.24. The van der Waals surface area contributed by atoms with E-state index in [-0.39, 0.29) is 11.5 Å². The van der Waals surface area contributed by atoms with Gasteiger partial charge in [0.1, 0.15) is 5.00 Å². The number of aliphatic imine (C=N–C) groups is 1. The molecular weight excluding hydrogens is 398 g/mol. The molecule has 156 valence electrons. The van der Waals surface area contributed by atoms with E-state index in [1.54, 1.807) is 13.1 Å². The van der Waals surface area contributed by atoms with E-state index in [0.29, 0.717) is 22.7 Å². The summed E-state index contributed by atoms with van der Waals surface area (Å²) in [6, 6.07) is 7.74. The lowest BCUT2D eigenvalue weighted by molar-refractivity contribution is 0.0526. The predicted molar refractivity (Wildman–Crippen MR) is 120 cm³/mol. The number of carbonyl (C=O) groups is 1. The zero-order valence-corrected chi connectivity index (χ0v) is 18.3. The molecule has 0 saturated heterocycles. The minimum atomic E-state index is -0.327. The van der Waals surface area contributed by atoms with Gasteiger partial charge < -0.3 is 4.74 Å². The monoisotopic (exact) mass is 423 g/mol. The Morgan fingerprint density at radius 1 is 1.23 bits per heavy atom. The Balaban J connectivity index is 1.73. The molecule has 0 spiro atoms. The molecule has 1 aromatic carbocycles. The van der Waals surface area contributed by atoms with E-state index in [1.807, 2.05) is 38.1 Å². The molecule has 30 heavy (non-hydrogen) atoms. The van der Waals surface area contributed by atoms with Crippen LogP contribution in [0.15, 0.2) is 34.1 Å². The van der Waals surface area contributed by atoms with E-state index in [9.17, 15) is 9.59 Å². The number of benzene rings is 1. The van der Waals surface area contributed by atoms with E-state index >= 15 is 0 Å². The van der Waals surface area contributed by atoms with Crippen LogP contribution in [0.25, 0.3) is 5.69 Å². The van der Waals surface area contributed by atoms with Crippen LogP contribution in [-0.2, 0) is 17.6 Å². The van der Waals surface area contributed by atoms with E-state index in [2.05, 4.69) is 10.1 Å². The lowest BCUT2D eigenvalue weighted by Gasteiger charge is -2.11. The van der Waals surface area contributed by atoms with Gasteiger partial charge in [-0.2, -0.15) is 0 Å². The second-order valence-electron chi connectivity index (χ2n) is 7.50. The summed E-state index contributed by atoms with van der Waals surface area (Å²) in [5.41, 5.74) is 4.58. The van der Waals surface area contributed by atoms with Gasteiger partial charge in [0.15, 0.2) is 0 Å². The molecular formula is C23H25N3O3S. The molecule has 2 heterocycles. The van der Waals surface area contributed by atoms with E-state index in [4.69, 9.17) is 4.74 Å². The zero-order valence-electron chi connectivity index (χ0n) is 17.4. The van der Waals surface area contributed by atoms with Gasteiger partial charge in [0.05, 0.1) is 23.4 Å². The second kappa shape index (κ2) is 8.44. The van der Waals surface area contributed by atoms with E-state index in [0.717, 1.165) is 48.2 Å². The lowest BCUT2D eigenvalue weighted by atomic mass is 9.95. The molecule has 0 bridgehead atoms. The van der Waals surface area contributed by atoms with Crippen molar-refractivity contribution in [1.29, 1.82) is 0 Å². The quantitative estimate of drug-likeness (QED) is 0.479. The number of ether oxygens (including phenoxy) is 1. The van der Waals surface area contributed by atoms with Crippen molar-refractivity contribution < 1.29 is 9.53 Å². The molecule has 3 aromatic rings. The first-order valence-corrected chi connectivity index (χ1v) is 11.1. The van der Waals surface area contributed by atoms with Gasteiger partial charge in [-0.15, -0.1) is 11.3 Å². The number of nitrogens with one attached hydrogen (secondary N) is 1. The van der Waals surface area contributed by atoms with Crippen molar-refractivity contribution >= 4 is 28.5 Å². The molecule has 0 saturated carbocycles. The molecule has 0 amide bonds. The number of aromatic amines is 1. The number of hydrogen-bond donors (Lipinski definition) is 1. The highest BCUT2D eigenvalue weighted by Crippen LogP contribution is 2.40. The number of esters is 1. The molecule has 0 atom stereocenters. The molecule has 4 rings (SSSR count). The van der Waals surface area contributed by atoms with Gasteiger partial charge in [-0.3, -0.25) is 9.89 Å². The van der Waals surface area contributed by atoms with Gasteiger partial charge in [0.2, 0.25) is 0 Å². The van der Waals surface area contributed by atoms with Crippen LogP contribution in [0.5, 0.6) is 0 Å². The fourth-order valence-electron chi connectivity index (χ4n) is 3.77. The highest BCUT2D eigenvalue weighted by molar-refractivity contribution is 7.16. The molecule has 0 radical (unpaired) electrons. The van der Waals surface area contributed by atoms with Crippen molar-refractivity contribution in [2.45, 2.75) is 46.5 Å². The number of hydrogen-bond acceptors (Lipinski definition) is 5. The van der Waals surface area contributed by atoms with Gasteiger partial charge in [0, 0.05) is 16.8 Å². The first kappa shape index (κ1) is 20.3. The van der Waals surface area contributed by atoms with Crippen molar-refractivity contribution in [3.8, 4) is 5.69 Å². The molecule has 0 unspecified atom stereocenters. The molecule has 6 nitrogen and oxygen atoms in total. The van der Waals surface area contributed by atoms with Crippen LogP contribution in [0.4, 0.5) is 5.00 Å². The van der Waals surface area contributed by atoms with Gasteiger partial charge >= 0.3 is 5.97 Å². The summed E-state index contributed by atoms with van der Waals surface area (Å²) < 4.78 is 6.80. The predicted octanol–water partition coefficient (Wildman–Crippen LogP) is 4.65. The SMILES string of the molecule is CCOC(=O)c1c(N=Cc2c(C)[nH]n(-c3ccc(C)cc3)c2=O)sc2c1CCCC2. The van der Waals surface area contributed by atoms with Crippen molar-refractivity contribution in [1.82, 2.24) is 9.78 Å². The third-order valence-corrected chi connectivity index (χ3v) is 6.55. The fourth-order valence-corrected chi connectivity index (χ4v) is 4.99. The molecule has 0 aliphatic heterocycles. The number of nitrogens with zero attached hydrogens (tertiary/aromatic N) is 2. The Hall–Kier alpha value is -2.93. The maximum Gasteiger partial charge on any atom is 0.341 e. The maximum atomic E-state index is 13.0. The molecule has 2 aromatic heterocycles. The van der Waals surface area contributed by atoms with Crippen LogP contribution < -0.4 is 5.56 Å². The number of fused-ring (bicyclic) bond motifs is 1. The second-order valence-corrected chi connectivity index (χ2v) is 8.58. The first-order valence-electron chi connectivity index (χ1n) is 10.2. The van der Waals surface area contributed by atoms with Crippen LogP contribution in [0.2, 0.25) is 0 Å². The normalized spacial score (nSPS) is 13.6. The molecule has 7 heteroatoms. The summed E-state index contributed by atoms with van der Waals surface area (Å²) in [5, 5.41) is 3.74. The largest absolute Gasteiger partial charge is 0.462 e. The van der Waals surface area contributed by atoms with Crippen molar-refractivity contribution in [2.24, 2.45) is 4.99 Å². The number of rotatable bonds is 5. The summed E-state index contributed by atoms with van der Waals surface area (Å²) in [4.78, 5) is 31.4. The van der Waals surface area contributed by atoms with Gasteiger partial charge in [-0.05, 0) is 64.2 Å². The number of carbonyl (C=O) groups excluding carboxylic acids is 1. The zero-order chi connectivity index (χ0) is 21.3. The van der Waals surface area contributed by atoms with E-state index < -0.39 is 0 Å². The number of aryl methyl sites for hydroxylation is 3. The Labute approximate surface area is 179 Å². The average molecular weight is 424 g/mol. The minimum absolute atomic E-state index is 0.167. The molecule has 1 aliphatic rings. The van der Waals surface area contributed by atoms with Gasteiger partial charge in [-0.1, -0.05) is 17.7 Å². The lowest BCUT2D eigenvalue weighted by Crippen LogP contribution is -2.17. The van der Waals surface area contributed by atoms with Crippen LogP contribution in [-0.4, -0.2) is 28.6 Å². The third kappa shape index (κ3) is 3.77. The van der Waals surface area contributed by atoms with Crippen LogP contribution in [0.3, 0.4) is 0 Å². The smallest absolute Gasteiger partial charge is 0.341 e. The number of H-pyrrole nitrogens is 1. The summed E-state index contributed by atoms with van der Waals surface area (Å²) in [6.45, 7) is 5.98. The summed E-state index contributed by atoms with van der Waals surface area (Å²) in [7, 11) is 0. The summed E-state index contributed by atoms with van der Waals surface area (Å²) >= 11 is 1.53. The molecule has 1 aliphatic carbocycles. The van der Waals surface area contributed by atoms with Crippen molar-refractivity contribution in [3.63, 3.8) is 0 Å². The van der Waals surface area contributed by atoms with Crippen LogP contribution >= 0.6 is 11.3 Å². The Bertz CT molecular complexity index is 1170. The number of aromatic nitrogens is 2. The molecule has 0 fully saturated rings. The summed E-state index contributed by atoms with van der Waals surface area (Å²) in [6.07, 6.45) is 5.59. The summed E-state index contributed by atoms with van der Waals surface area (Å²) in [5.74, 6) is -0.327. The topological polar surface area (TPSA) is 76.4 Å². The highest BCUT2D eigenvalue weighted by atomic mass is 32.1. The van der Waals surface area contributed by atoms with Crippen LogP contribution in [0, 0.1) is 13.8 Å². The maximum absolute atomic E-state index is 13.0. The third-order valence-electron chi connectivity index (χ3n) is 5.35. The van der Waals surface area contributed by atoms with Gasteiger partial charge in [0.25, 0.3) is 5.56 Å². The molecule has 1 N–H and O–H groups in total. The van der Waals surface area contributed by atoms with Crippen molar-refractivity contribution in [2.75, 3.05) is 6.61 Å². The van der Waals surface area contributed by atoms with E-state index in [1.165, 1.54) is 20.9 Å². The number of thiophene rings is 1. The first-order chi connectivity index (χ1) is 14.5. The standard InChI is InChI=1S/C23H25N3O3S/c1-4-29-23(28)20-17-7-5-6-8-19(17)30-21(20)24-13-18-15(3)25-26(22(18)27)16-11-9-14(2)10-12-16/h9-13,25H,4-8H2,1-3H3. The Morgan fingerprint density at radius 3 is 2.70 bits per heavy atom. The Morgan fingerprint density at radius 2 is 1.97 bits per heavy atom. The van der Waals surface area contributed by atoms with Crippen molar-refractivity contribution in [3.05, 3.63) is 67.4 Å². The minimum Gasteiger partial charge on any atom is -0.462 e.